The van der Waals surface area contributed by atoms with Gasteiger partial charge in [0.2, 0.25) is 5.91 Å². The lowest BCUT2D eigenvalue weighted by atomic mass is 10.0. The molecule has 0 spiro atoms. The fourth-order valence-electron chi connectivity index (χ4n) is 2.38. The third-order valence-corrected chi connectivity index (χ3v) is 3.87. The van der Waals surface area contributed by atoms with Gasteiger partial charge < -0.3 is 15.0 Å². The van der Waals surface area contributed by atoms with E-state index in [9.17, 15) is 19.5 Å². The van der Waals surface area contributed by atoms with Crippen molar-refractivity contribution in [3.63, 3.8) is 0 Å². The van der Waals surface area contributed by atoms with Crippen molar-refractivity contribution in [3.8, 4) is 0 Å². The first kappa shape index (κ1) is 17.5. The van der Waals surface area contributed by atoms with E-state index >= 15 is 0 Å². The summed E-state index contributed by atoms with van der Waals surface area (Å²) in [4.78, 5) is 36.3. The maximum Gasteiger partial charge on any atom is 0.330 e. The van der Waals surface area contributed by atoms with Crippen molar-refractivity contribution in [2.24, 2.45) is 0 Å². The Morgan fingerprint density at radius 1 is 1.12 bits per heavy atom. The third-order valence-electron chi connectivity index (χ3n) is 3.87. The second kappa shape index (κ2) is 6.70. The van der Waals surface area contributed by atoms with Crippen LogP contribution in [0.15, 0.2) is 53.5 Å². The monoisotopic (exact) mass is 328 g/mol. The summed E-state index contributed by atoms with van der Waals surface area (Å²) in [6.07, 6.45) is 1.58. The largest absolute Gasteiger partial charge is 0.479 e. The van der Waals surface area contributed by atoms with Crippen molar-refractivity contribution in [1.82, 2.24) is 9.88 Å². The average molecular weight is 328 g/mol. The average Bonchev–Trinajstić information content (AvgIpc) is 2.54. The lowest BCUT2D eigenvalue weighted by molar-refractivity contribution is -0.143. The summed E-state index contributed by atoms with van der Waals surface area (Å²) >= 11 is 0. The molecule has 0 aliphatic carbocycles. The fraction of sp³-hybridized carbons (Fsp3) is 0.278. The summed E-state index contributed by atoms with van der Waals surface area (Å²) < 4.78 is 1.31. The minimum atomic E-state index is -1.23. The Kier molecular flexibility index (Phi) is 4.87. The van der Waals surface area contributed by atoms with E-state index in [0.717, 1.165) is 5.56 Å². The minimum Gasteiger partial charge on any atom is -0.479 e. The summed E-state index contributed by atoms with van der Waals surface area (Å²) in [5.41, 5.74) is -0.266. The molecule has 0 aliphatic rings. The molecule has 126 valence electrons. The number of benzene rings is 1. The van der Waals surface area contributed by atoms with Gasteiger partial charge in [0.25, 0.3) is 5.56 Å². The molecule has 6 heteroatoms. The highest BCUT2D eigenvalue weighted by Gasteiger charge is 2.34. The van der Waals surface area contributed by atoms with E-state index < -0.39 is 23.5 Å². The van der Waals surface area contributed by atoms with Crippen LogP contribution in [0.1, 0.15) is 31.0 Å². The lowest BCUT2D eigenvalue weighted by Gasteiger charge is -2.28. The van der Waals surface area contributed by atoms with E-state index in [0.29, 0.717) is 5.56 Å². The maximum absolute atomic E-state index is 12.7. The van der Waals surface area contributed by atoms with Crippen LogP contribution in [0.5, 0.6) is 0 Å². The Morgan fingerprint density at radius 3 is 2.33 bits per heavy atom. The van der Waals surface area contributed by atoms with E-state index in [-0.39, 0.29) is 5.56 Å². The fourth-order valence-corrected chi connectivity index (χ4v) is 2.38. The summed E-state index contributed by atoms with van der Waals surface area (Å²) in [7, 11) is 0. The summed E-state index contributed by atoms with van der Waals surface area (Å²) in [5.74, 6) is -1.71. The summed E-state index contributed by atoms with van der Waals surface area (Å²) in [6.45, 7) is 4.97. The lowest BCUT2D eigenvalue weighted by Crippen LogP contribution is -2.50. The van der Waals surface area contributed by atoms with E-state index in [1.54, 1.807) is 56.4 Å². The van der Waals surface area contributed by atoms with Crippen LogP contribution in [0.3, 0.4) is 0 Å². The number of carbonyl (C=O) groups excluding carboxylic acids is 1. The predicted molar refractivity (Wildman–Crippen MR) is 89.7 cm³/mol. The number of nitrogens with zero attached hydrogens (tertiary/aromatic N) is 1. The Balaban J connectivity index is 2.34. The van der Waals surface area contributed by atoms with Gasteiger partial charge in [-0.05, 0) is 31.9 Å². The van der Waals surface area contributed by atoms with Gasteiger partial charge in [0.1, 0.15) is 5.54 Å². The zero-order valence-electron chi connectivity index (χ0n) is 13.8. The molecule has 0 saturated carbocycles. The molecule has 1 unspecified atom stereocenters. The van der Waals surface area contributed by atoms with E-state index in [4.69, 9.17) is 0 Å². The summed E-state index contributed by atoms with van der Waals surface area (Å²) in [6, 6.07) is 10.3. The van der Waals surface area contributed by atoms with Crippen LogP contribution in [0.4, 0.5) is 0 Å². The van der Waals surface area contributed by atoms with Gasteiger partial charge in [-0.1, -0.05) is 36.4 Å². The van der Waals surface area contributed by atoms with E-state index in [1.165, 1.54) is 10.6 Å². The molecule has 1 aromatic carbocycles. The number of nitrogens with one attached hydrogen (secondary N) is 1. The highest BCUT2D eigenvalue weighted by atomic mass is 16.4. The highest BCUT2D eigenvalue weighted by Crippen LogP contribution is 2.18. The number of hydrogen-bond donors (Lipinski definition) is 2. The second-order valence-corrected chi connectivity index (χ2v) is 6.13. The molecule has 6 nitrogen and oxygen atoms in total. The third kappa shape index (κ3) is 3.53. The first-order valence-corrected chi connectivity index (χ1v) is 7.52. The molecule has 1 aromatic heterocycles. The molecule has 1 atom stereocenters. The van der Waals surface area contributed by atoms with Crippen LogP contribution in [-0.2, 0) is 15.1 Å². The molecule has 2 aromatic rings. The van der Waals surface area contributed by atoms with E-state index in [1.807, 2.05) is 6.92 Å². The second-order valence-electron chi connectivity index (χ2n) is 6.13. The molecule has 24 heavy (non-hydrogen) atoms. The van der Waals surface area contributed by atoms with Gasteiger partial charge in [0, 0.05) is 12.3 Å². The zero-order chi connectivity index (χ0) is 17.9. The number of hydrogen-bond acceptors (Lipinski definition) is 3. The molecule has 0 saturated heterocycles. The number of amides is 1. The Labute approximate surface area is 139 Å². The van der Waals surface area contributed by atoms with Crippen molar-refractivity contribution in [2.45, 2.75) is 32.4 Å². The molecule has 0 fully saturated rings. The first-order valence-electron chi connectivity index (χ1n) is 7.52. The van der Waals surface area contributed by atoms with Crippen molar-refractivity contribution >= 4 is 11.9 Å². The molecule has 0 radical (unpaired) electrons. The number of aryl methyl sites for hydroxylation is 1. The number of pyridine rings is 1. The number of rotatable bonds is 5. The van der Waals surface area contributed by atoms with E-state index in [2.05, 4.69) is 5.32 Å². The van der Waals surface area contributed by atoms with Gasteiger partial charge in [-0.25, -0.2) is 4.79 Å². The number of aromatic nitrogens is 1. The molecule has 0 bridgehead atoms. The van der Waals surface area contributed by atoms with Crippen molar-refractivity contribution in [2.75, 3.05) is 0 Å². The minimum absolute atomic E-state index is 0.327. The number of carboxylic acid groups (broad SMARTS) is 1. The van der Waals surface area contributed by atoms with Crippen LogP contribution >= 0.6 is 0 Å². The van der Waals surface area contributed by atoms with Gasteiger partial charge in [-0.15, -0.1) is 0 Å². The Hall–Kier alpha value is -2.89. The van der Waals surface area contributed by atoms with Crippen LogP contribution in [0.25, 0.3) is 0 Å². The van der Waals surface area contributed by atoms with Crippen LogP contribution in [0, 0.1) is 6.92 Å². The van der Waals surface area contributed by atoms with Gasteiger partial charge >= 0.3 is 5.97 Å². The SMILES string of the molecule is Cc1ccc(=O)n(C(C)(C)C(=O)NC(C(=O)O)c2ccccc2)c1. The van der Waals surface area contributed by atoms with Gasteiger partial charge in [0.15, 0.2) is 6.04 Å². The number of aliphatic carboxylic acids is 1. The van der Waals surface area contributed by atoms with Gasteiger partial charge in [-0.2, -0.15) is 0 Å². The first-order chi connectivity index (χ1) is 11.2. The molecule has 2 N–H and O–H groups in total. The number of carbonyl (C=O) groups is 2. The zero-order valence-corrected chi connectivity index (χ0v) is 13.8. The maximum atomic E-state index is 12.7. The van der Waals surface area contributed by atoms with Crippen LogP contribution < -0.4 is 10.9 Å². The smallest absolute Gasteiger partial charge is 0.330 e. The van der Waals surface area contributed by atoms with Crippen LogP contribution in [0.2, 0.25) is 0 Å². The van der Waals surface area contributed by atoms with Gasteiger partial charge in [-0.3, -0.25) is 9.59 Å². The quantitative estimate of drug-likeness (QED) is 0.876. The van der Waals surface area contributed by atoms with Crippen LogP contribution in [-0.4, -0.2) is 21.6 Å². The number of carboxylic acids is 1. The molecular formula is C18H20N2O4. The van der Waals surface area contributed by atoms with Crippen molar-refractivity contribution in [1.29, 1.82) is 0 Å². The Bertz CT molecular complexity index is 809. The van der Waals surface area contributed by atoms with Crippen molar-refractivity contribution in [3.05, 3.63) is 70.1 Å². The standard InChI is InChI=1S/C18H20N2O4/c1-12-9-10-14(21)20(11-12)18(2,3)17(24)19-15(16(22)23)13-7-5-4-6-8-13/h4-11,15H,1-3H3,(H,19,24)(H,22,23). The molecule has 0 aliphatic heterocycles. The van der Waals surface area contributed by atoms with Gasteiger partial charge in [0.05, 0.1) is 0 Å². The topological polar surface area (TPSA) is 88.4 Å². The Morgan fingerprint density at radius 2 is 1.75 bits per heavy atom. The highest BCUT2D eigenvalue weighted by molar-refractivity contribution is 5.88. The molecular weight excluding hydrogens is 308 g/mol. The predicted octanol–water partition coefficient (Wildman–Crippen LogP) is 1.83. The molecule has 2 rings (SSSR count). The molecule has 1 amide bonds. The molecule has 1 heterocycles. The summed E-state index contributed by atoms with van der Waals surface area (Å²) in [5, 5.41) is 11.9. The normalized spacial score (nSPS) is 12.5. The van der Waals surface area contributed by atoms with Crippen molar-refractivity contribution < 1.29 is 14.7 Å².